The van der Waals surface area contributed by atoms with Crippen molar-refractivity contribution in [2.45, 2.75) is 45.4 Å². The van der Waals surface area contributed by atoms with Crippen LogP contribution in [0.25, 0.3) is 0 Å². The lowest BCUT2D eigenvalue weighted by Gasteiger charge is -2.31. The highest BCUT2D eigenvalue weighted by molar-refractivity contribution is 5.74. The summed E-state index contributed by atoms with van der Waals surface area (Å²) in [4.78, 5) is 24.0. The lowest BCUT2D eigenvalue weighted by Crippen LogP contribution is -2.43. The molecule has 1 fully saturated rings. The Kier molecular flexibility index (Phi) is 6.54. The maximum absolute atomic E-state index is 11.8. The van der Waals surface area contributed by atoms with Crippen molar-refractivity contribution in [1.82, 2.24) is 10.2 Å². The molecule has 1 aliphatic rings. The van der Waals surface area contributed by atoms with E-state index >= 15 is 0 Å². The summed E-state index contributed by atoms with van der Waals surface area (Å²) in [6.07, 6.45) is 5.28. The summed E-state index contributed by atoms with van der Waals surface area (Å²) in [7, 11) is 0. The molecule has 0 unspecified atom stereocenters. The number of carbonyl (C=O) groups is 2. The van der Waals surface area contributed by atoms with Gasteiger partial charge in [-0.05, 0) is 38.5 Å². The molecule has 0 aromatic heterocycles. The summed E-state index contributed by atoms with van der Waals surface area (Å²) in [5.74, 6) is -0.0933. The van der Waals surface area contributed by atoms with Crippen molar-refractivity contribution in [1.29, 1.82) is 0 Å². The molecule has 1 aliphatic carbocycles. The fourth-order valence-corrected chi connectivity index (χ4v) is 2.05. The van der Waals surface area contributed by atoms with Gasteiger partial charge in [-0.3, -0.25) is 4.79 Å². The lowest BCUT2D eigenvalue weighted by atomic mass is 9.85. The summed E-state index contributed by atoms with van der Waals surface area (Å²) < 4.78 is 0. The molecule has 0 aliphatic heterocycles. The van der Waals surface area contributed by atoms with Gasteiger partial charge in [-0.2, -0.15) is 0 Å². The van der Waals surface area contributed by atoms with Gasteiger partial charge >= 0.3 is 12.0 Å². The molecule has 2 N–H and O–H groups in total. The van der Waals surface area contributed by atoms with Crippen molar-refractivity contribution in [3.8, 4) is 0 Å². The third-order valence-corrected chi connectivity index (χ3v) is 3.47. The number of carbonyl (C=O) groups excluding carboxylic acids is 1. The van der Waals surface area contributed by atoms with Crippen molar-refractivity contribution in [2.24, 2.45) is 5.92 Å². The quantitative estimate of drug-likeness (QED) is 0.653. The number of amides is 2. The Morgan fingerprint density at radius 1 is 1.33 bits per heavy atom. The van der Waals surface area contributed by atoms with Crippen molar-refractivity contribution in [2.75, 3.05) is 19.6 Å². The van der Waals surface area contributed by atoms with Crippen molar-refractivity contribution >= 4 is 12.0 Å². The van der Waals surface area contributed by atoms with E-state index in [0.717, 1.165) is 19.5 Å². The van der Waals surface area contributed by atoms with Crippen molar-refractivity contribution in [3.05, 3.63) is 0 Å². The Bertz CT molecular complexity index is 277. The standard InChI is InChI=1S/C13H24N2O3/c1-2-15(10-11-6-5-7-11)13(18)14-9-4-3-8-12(16)17/h11H,2-10H2,1H3,(H,14,18)(H,16,17). The van der Waals surface area contributed by atoms with Crippen LogP contribution in [0.4, 0.5) is 4.79 Å². The van der Waals surface area contributed by atoms with Crippen molar-refractivity contribution in [3.63, 3.8) is 0 Å². The van der Waals surface area contributed by atoms with Crippen molar-refractivity contribution < 1.29 is 14.7 Å². The van der Waals surface area contributed by atoms with Crippen LogP contribution < -0.4 is 5.32 Å². The second-order valence-corrected chi connectivity index (χ2v) is 4.92. The second kappa shape index (κ2) is 7.95. The summed E-state index contributed by atoms with van der Waals surface area (Å²) in [6, 6.07) is -0.0141. The molecule has 5 nitrogen and oxygen atoms in total. The van der Waals surface area contributed by atoms with Crippen LogP contribution in [0.1, 0.15) is 45.4 Å². The van der Waals surface area contributed by atoms with Gasteiger partial charge in [0.2, 0.25) is 0 Å². The van der Waals surface area contributed by atoms with Gasteiger partial charge in [0, 0.05) is 26.1 Å². The molecule has 0 bridgehead atoms. The minimum absolute atomic E-state index is 0.0141. The van der Waals surface area contributed by atoms with E-state index in [1.54, 1.807) is 0 Å². The van der Waals surface area contributed by atoms with E-state index in [1.807, 2.05) is 11.8 Å². The van der Waals surface area contributed by atoms with Crippen LogP contribution in [0.2, 0.25) is 0 Å². The van der Waals surface area contributed by atoms with Gasteiger partial charge in [-0.1, -0.05) is 6.42 Å². The number of unbranched alkanes of at least 4 members (excludes halogenated alkanes) is 1. The minimum Gasteiger partial charge on any atom is -0.481 e. The molecular formula is C13H24N2O3. The number of urea groups is 1. The number of aliphatic carboxylic acids is 1. The molecule has 0 saturated heterocycles. The van der Waals surface area contributed by atoms with E-state index in [1.165, 1.54) is 19.3 Å². The Balaban J connectivity index is 2.10. The third kappa shape index (κ3) is 5.38. The number of hydrogen-bond acceptors (Lipinski definition) is 2. The summed E-state index contributed by atoms with van der Waals surface area (Å²) in [5.41, 5.74) is 0. The van der Waals surface area contributed by atoms with Gasteiger partial charge in [-0.15, -0.1) is 0 Å². The van der Waals surface area contributed by atoms with Gasteiger partial charge in [-0.25, -0.2) is 4.79 Å². The van der Waals surface area contributed by atoms with E-state index in [0.29, 0.717) is 18.9 Å². The zero-order valence-electron chi connectivity index (χ0n) is 11.2. The molecule has 0 heterocycles. The molecule has 0 atom stereocenters. The Hall–Kier alpha value is -1.26. The summed E-state index contributed by atoms with van der Waals surface area (Å²) in [5, 5.41) is 11.3. The van der Waals surface area contributed by atoms with Crippen LogP contribution in [0.5, 0.6) is 0 Å². The third-order valence-electron chi connectivity index (χ3n) is 3.47. The van der Waals surface area contributed by atoms with E-state index in [2.05, 4.69) is 5.32 Å². The smallest absolute Gasteiger partial charge is 0.317 e. The van der Waals surface area contributed by atoms with Crippen LogP contribution in [0, 0.1) is 5.92 Å². The van der Waals surface area contributed by atoms with Crippen LogP contribution in [0.15, 0.2) is 0 Å². The number of carboxylic acid groups (broad SMARTS) is 1. The Morgan fingerprint density at radius 3 is 2.56 bits per heavy atom. The number of hydrogen-bond donors (Lipinski definition) is 2. The van der Waals surface area contributed by atoms with Crippen LogP contribution in [-0.2, 0) is 4.79 Å². The first kappa shape index (κ1) is 14.8. The van der Waals surface area contributed by atoms with E-state index < -0.39 is 5.97 Å². The van der Waals surface area contributed by atoms with Gasteiger partial charge in [0.25, 0.3) is 0 Å². The lowest BCUT2D eigenvalue weighted by molar-refractivity contribution is -0.137. The van der Waals surface area contributed by atoms with Gasteiger partial charge < -0.3 is 15.3 Å². The predicted octanol–water partition coefficient (Wildman–Crippen LogP) is 2.07. The number of nitrogens with zero attached hydrogens (tertiary/aromatic N) is 1. The molecule has 0 radical (unpaired) electrons. The fourth-order valence-electron chi connectivity index (χ4n) is 2.05. The first-order chi connectivity index (χ1) is 8.63. The monoisotopic (exact) mass is 256 g/mol. The zero-order chi connectivity index (χ0) is 13.4. The largest absolute Gasteiger partial charge is 0.481 e. The average Bonchev–Trinajstić information content (AvgIpc) is 2.26. The van der Waals surface area contributed by atoms with Crippen LogP contribution in [0.3, 0.4) is 0 Å². The zero-order valence-corrected chi connectivity index (χ0v) is 11.2. The van der Waals surface area contributed by atoms with Gasteiger partial charge in [0.15, 0.2) is 0 Å². The van der Waals surface area contributed by atoms with Crippen LogP contribution >= 0.6 is 0 Å². The highest BCUT2D eigenvalue weighted by Gasteiger charge is 2.22. The molecule has 5 heteroatoms. The molecule has 1 saturated carbocycles. The SMILES string of the molecule is CCN(CC1CCC1)C(=O)NCCCCC(=O)O. The first-order valence-electron chi connectivity index (χ1n) is 6.88. The van der Waals surface area contributed by atoms with Gasteiger partial charge in [0.1, 0.15) is 0 Å². The first-order valence-corrected chi connectivity index (χ1v) is 6.88. The number of carboxylic acids is 1. The highest BCUT2D eigenvalue weighted by atomic mass is 16.4. The Labute approximate surface area is 109 Å². The molecule has 1 rings (SSSR count). The van der Waals surface area contributed by atoms with Gasteiger partial charge in [0.05, 0.1) is 0 Å². The molecule has 18 heavy (non-hydrogen) atoms. The summed E-state index contributed by atoms with van der Waals surface area (Å²) in [6.45, 7) is 4.14. The van der Waals surface area contributed by atoms with E-state index in [4.69, 9.17) is 5.11 Å². The topological polar surface area (TPSA) is 69.6 Å². The van der Waals surface area contributed by atoms with E-state index in [9.17, 15) is 9.59 Å². The average molecular weight is 256 g/mol. The molecule has 2 amide bonds. The number of nitrogens with one attached hydrogen (secondary N) is 1. The predicted molar refractivity (Wildman–Crippen MR) is 69.5 cm³/mol. The summed E-state index contributed by atoms with van der Waals surface area (Å²) >= 11 is 0. The molecular weight excluding hydrogens is 232 g/mol. The fraction of sp³-hybridized carbons (Fsp3) is 0.846. The molecule has 0 aromatic rings. The molecule has 0 aromatic carbocycles. The van der Waals surface area contributed by atoms with E-state index in [-0.39, 0.29) is 12.5 Å². The minimum atomic E-state index is -0.776. The second-order valence-electron chi connectivity index (χ2n) is 4.92. The highest BCUT2D eigenvalue weighted by Crippen LogP contribution is 2.26. The molecule has 0 spiro atoms. The Morgan fingerprint density at radius 2 is 2.06 bits per heavy atom. The maximum Gasteiger partial charge on any atom is 0.317 e. The number of rotatable bonds is 8. The van der Waals surface area contributed by atoms with Crippen LogP contribution in [-0.4, -0.2) is 41.6 Å². The maximum atomic E-state index is 11.8. The molecule has 104 valence electrons. The normalized spacial score (nSPS) is 14.9.